The maximum absolute atomic E-state index is 6.53. The van der Waals surface area contributed by atoms with Gasteiger partial charge in [-0.25, -0.2) is 4.98 Å². The first kappa shape index (κ1) is 24.0. The number of nitrogens with zero attached hydrogens (tertiary/aromatic N) is 2. The van der Waals surface area contributed by atoms with Crippen molar-refractivity contribution in [3.05, 3.63) is 145 Å². The van der Waals surface area contributed by atoms with Crippen LogP contribution in [-0.4, -0.2) is 9.55 Å². The molecule has 3 heteroatoms. The second-order valence-electron chi connectivity index (χ2n) is 11.2. The molecule has 0 amide bonds. The van der Waals surface area contributed by atoms with E-state index in [1.165, 1.54) is 49.4 Å². The molecule has 2 heterocycles. The fourth-order valence-corrected chi connectivity index (χ4v) is 6.85. The Morgan fingerprint density at radius 1 is 0.488 bits per heavy atom. The molecule has 0 aliphatic carbocycles. The Labute approximate surface area is 249 Å². The highest BCUT2D eigenvalue weighted by Gasteiger charge is 2.24. The van der Waals surface area contributed by atoms with Crippen molar-refractivity contribution >= 4 is 32.6 Å². The predicted molar refractivity (Wildman–Crippen MR) is 177 cm³/mol. The van der Waals surface area contributed by atoms with Crippen molar-refractivity contribution in [3.63, 3.8) is 0 Å². The van der Waals surface area contributed by atoms with Gasteiger partial charge in [0.1, 0.15) is 11.3 Å². The van der Waals surface area contributed by atoms with E-state index in [-0.39, 0.29) is 0 Å². The summed E-state index contributed by atoms with van der Waals surface area (Å²) < 4.78 is 8.74. The van der Waals surface area contributed by atoms with Crippen LogP contribution in [0.1, 0.15) is 5.82 Å². The number of benzene rings is 7. The Morgan fingerprint density at radius 2 is 1.05 bits per heavy atom. The number of fused-ring (bicyclic) bond motifs is 4. The van der Waals surface area contributed by atoms with E-state index in [9.17, 15) is 0 Å². The van der Waals surface area contributed by atoms with Gasteiger partial charge in [-0.2, -0.15) is 0 Å². The highest BCUT2D eigenvalue weighted by molar-refractivity contribution is 6.21. The van der Waals surface area contributed by atoms with Crippen LogP contribution in [0.4, 0.5) is 0 Å². The summed E-state index contributed by atoms with van der Waals surface area (Å²) in [6.45, 7) is 2.05. The average molecular weight is 551 g/mol. The monoisotopic (exact) mass is 550 g/mol. The van der Waals surface area contributed by atoms with Crippen LogP contribution in [-0.2, 0) is 0 Å². The van der Waals surface area contributed by atoms with E-state index in [1.54, 1.807) is 0 Å². The van der Waals surface area contributed by atoms with E-state index in [2.05, 4.69) is 133 Å². The highest BCUT2D eigenvalue weighted by Crippen LogP contribution is 2.47. The first-order valence-electron chi connectivity index (χ1n) is 14.6. The molecule has 1 aliphatic heterocycles. The number of rotatable bonds is 3. The second-order valence-corrected chi connectivity index (χ2v) is 11.2. The Bertz CT molecular complexity index is 2310. The van der Waals surface area contributed by atoms with Gasteiger partial charge in [0.15, 0.2) is 11.5 Å². The molecule has 0 fully saturated rings. The molecule has 1 aromatic heterocycles. The SMILES string of the molecule is Cc1nc2cccc3c2n1-c1ccc(-c2c4ccccc4c(-c4ccc(-c5ccccc5)cc4)c4ccccc24)cc1O3. The van der Waals surface area contributed by atoms with Gasteiger partial charge >= 0.3 is 0 Å². The molecule has 9 rings (SSSR count). The standard InChI is InChI=1S/C40H26N2O/c1-25-41-34-16-9-17-36-40(34)42(25)35-23-22-29(24-37(35)43-36)39-32-14-7-5-12-30(32)38(31-13-6-8-15-33(31)39)28-20-18-27(19-21-28)26-10-3-2-4-11-26/h2-24H,1H3. The molecule has 7 aromatic carbocycles. The fraction of sp³-hybridized carbons (Fsp3) is 0.0250. The van der Waals surface area contributed by atoms with Crippen molar-refractivity contribution in [2.75, 3.05) is 0 Å². The summed E-state index contributed by atoms with van der Waals surface area (Å²) in [5, 5.41) is 4.92. The molecule has 0 saturated carbocycles. The normalized spacial score (nSPS) is 12.0. The molecule has 202 valence electrons. The minimum Gasteiger partial charge on any atom is -0.453 e. The van der Waals surface area contributed by atoms with Crippen molar-refractivity contribution in [1.29, 1.82) is 0 Å². The van der Waals surface area contributed by atoms with Crippen LogP contribution in [0, 0.1) is 6.92 Å². The van der Waals surface area contributed by atoms with Gasteiger partial charge in [0, 0.05) is 0 Å². The Balaban J connectivity index is 1.26. The Kier molecular flexibility index (Phi) is 5.11. The summed E-state index contributed by atoms with van der Waals surface area (Å²) in [4.78, 5) is 4.79. The predicted octanol–water partition coefficient (Wildman–Crippen LogP) is 10.7. The van der Waals surface area contributed by atoms with E-state index in [0.29, 0.717) is 0 Å². The zero-order valence-electron chi connectivity index (χ0n) is 23.6. The Morgan fingerprint density at radius 3 is 1.72 bits per heavy atom. The van der Waals surface area contributed by atoms with E-state index in [1.807, 2.05) is 18.2 Å². The van der Waals surface area contributed by atoms with Crippen LogP contribution < -0.4 is 4.74 Å². The molecule has 0 spiro atoms. The number of imidazole rings is 1. The van der Waals surface area contributed by atoms with Crippen molar-refractivity contribution in [2.45, 2.75) is 6.92 Å². The lowest BCUT2D eigenvalue weighted by Gasteiger charge is -2.22. The zero-order chi connectivity index (χ0) is 28.5. The average Bonchev–Trinajstić information content (AvgIpc) is 3.41. The summed E-state index contributed by atoms with van der Waals surface area (Å²) in [6.07, 6.45) is 0. The molecule has 0 N–H and O–H groups in total. The molecule has 1 aliphatic rings. The molecule has 0 bridgehead atoms. The molecule has 8 aromatic rings. The lowest BCUT2D eigenvalue weighted by Crippen LogP contribution is -2.05. The topological polar surface area (TPSA) is 27.1 Å². The number of aromatic nitrogens is 2. The van der Waals surface area contributed by atoms with Gasteiger partial charge in [-0.05, 0) is 86.1 Å². The molecule has 43 heavy (non-hydrogen) atoms. The van der Waals surface area contributed by atoms with Crippen LogP contribution in [0.3, 0.4) is 0 Å². The minimum absolute atomic E-state index is 0.840. The third-order valence-electron chi connectivity index (χ3n) is 8.73. The van der Waals surface area contributed by atoms with Crippen LogP contribution in [0.2, 0.25) is 0 Å². The van der Waals surface area contributed by atoms with Gasteiger partial charge in [-0.3, -0.25) is 4.57 Å². The van der Waals surface area contributed by atoms with E-state index in [4.69, 9.17) is 9.72 Å². The van der Waals surface area contributed by atoms with Crippen molar-refractivity contribution in [2.24, 2.45) is 0 Å². The van der Waals surface area contributed by atoms with Gasteiger partial charge in [0.25, 0.3) is 0 Å². The maximum atomic E-state index is 6.53. The fourth-order valence-electron chi connectivity index (χ4n) is 6.85. The molecule has 0 radical (unpaired) electrons. The number of hydrogen-bond acceptors (Lipinski definition) is 2. The van der Waals surface area contributed by atoms with Crippen LogP contribution in [0.15, 0.2) is 140 Å². The van der Waals surface area contributed by atoms with Crippen molar-refractivity contribution in [1.82, 2.24) is 9.55 Å². The lowest BCUT2D eigenvalue weighted by molar-refractivity contribution is 0.475. The number of para-hydroxylation sites is 1. The van der Waals surface area contributed by atoms with E-state index in [0.717, 1.165) is 39.6 Å². The van der Waals surface area contributed by atoms with Gasteiger partial charge in [-0.15, -0.1) is 0 Å². The molecular formula is C40H26N2O. The smallest absolute Gasteiger partial charge is 0.153 e. The van der Waals surface area contributed by atoms with E-state index >= 15 is 0 Å². The van der Waals surface area contributed by atoms with Crippen LogP contribution >= 0.6 is 0 Å². The zero-order valence-corrected chi connectivity index (χ0v) is 23.6. The molecular weight excluding hydrogens is 524 g/mol. The summed E-state index contributed by atoms with van der Waals surface area (Å²) in [5.74, 6) is 2.64. The van der Waals surface area contributed by atoms with Crippen LogP contribution in [0.25, 0.3) is 71.6 Å². The minimum atomic E-state index is 0.840. The molecule has 0 saturated heterocycles. The van der Waals surface area contributed by atoms with Crippen LogP contribution in [0.5, 0.6) is 11.5 Å². The maximum Gasteiger partial charge on any atom is 0.153 e. The third kappa shape index (κ3) is 3.58. The van der Waals surface area contributed by atoms with Crippen molar-refractivity contribution < 1.29 is 4.74 Å². The lowest BCUT2D eigenvalue weighted by atomic mass is 9.85. The van der Waals surface area contributed by atoms with Gasteiger partial charge in [0.05, 0.1) is 11.2 Å². The second kappa shape index (κ2) is 9.17. The summed E-state index contributed by atoms with van der Waals surface area (Å²) in [6, 6.07) is 49.8. The third-order valence-corrected chi connectivity index (χ3v) is 8.73. The summed E-state index contributed by atoms with van der Waals surface area (Å²) in [7, 11) is 0. The highest BCUT2D eigenvalue weighted by atomic mass is 16.5. The number of ether oxygens (including phenoxy) is 1. The largest absolute Gasteiger partial charge is 0.453 e. The van der Waals surface area contributed by atoms with Gasteiger partial charge < -0.3 is 4.74 Å². The summed E-state index contributed by atoms with van der Waals surface area (Å²) >= 11 is 0. The first-order valence-corrected chi connectivity index (χ1v) is 14.6. The molecule has 3 nitrogen and oxygen atoms in total. The van der Waals surface area contributed by atoms with Gasteiger partial charge in [-0.1, -0.05) is 115 Å². The number of aryl methyl sites for hydroxylation is 1. The molecule has 0 unspecified atom stereocenters. The quantitative estimate of drug-likeness (QED) is 0.205. The van der Waals surface area contributed by atoms with E-state index < -0.39 is 0 Å². The van der Waals surface area contributed by atoms with Crippen molar-refractivity contribution in [3.8, 4) is 50.6 Å². The van der Waals surface area contributed by atoms with Gasteiger partial charge in [0.2, 0.25) is 0 Å². The Hall–Kier alpha value is -5.67. The number of hydrogen-bond donors (Lipinski definition) is 0. The first-order chi connectivity index (χ1) is 21.2. The molecule has 0 atom stereocenters. The summed E-state index contributed by atoms with van der Waals surface area (Å²) in [5.41, 5.74) is 10.3.